The number of carbonyl (C=O) groups excluding carboxylic acids is 1. The number of aliphatic hydroxyl groups excluding tert-OH is 1. The molecule has 0 unspecified atom stereocenters. The van der Waals surface area contributed by atoms with E-state index in [4.69, 9.17) is 5.11 Å². The monoisotopic (exact) mass is 315 g/mol. The van der Waals surface area contributed by atoms with Crippen molar-refractivity contribution in [1.29, 1.82) is 0 Å². The molecule has 21 heavy (non-hydrogen) atoms. The van der Waals surface area contributed by atoms with E-state index < -0.39 is 4.92 Å². The van der Waals surface area contributed by atoms with Crippen molar-refractivity contribution in [3.63, 3.8) is 0 Å². The Balaban J connectivity index is 0.00000220. The zero-order valence-electron chi connectivity index (χ0n) is 11.5. The fourth-order valence-electron chi connectivity index (χ4n) is 2.34. The second-order valence-corrected chi connectivity index (χ2v) is 4.82. The zero-order valence-corrected chi connectivity index (χ0v) is 12.3. The number of carbonyl (C=O) groups is 1. The minimum absolute atomic E-state index is 0. The summed E-state index contributed by atoms with van der Waals surface area (Å²) in [7, 11) is 0. The van der Waals surface area contributed by atoms with E-state index in [1.807, 2.05) is 0 Å². The van der Waals surface area contributed by atoms with Gasteiger partial charge in [-0.3, -0.25) is 14.9 Å². The number of aliphatic hydroxyl groups is 1. The predicted molar refractivity (Wildman–Crippen MR) is 71.6 cm³/mol. The van der Waals surface area contributed by atoms with Crippen LogP contribution in [0, 0.1) is 10.1 Å². The molecule has 0 aliphatic carbocycles. The van der Waals surface area contributed by atoms with Crippen molar-refractivity contribution in [2.45, 2.75) is 0 Å². The molecular weight excluding hydrogens is 298 g/mol. The molecule has 0 atom stereocenters. The fraction of sp³-hybridized carbons (Fsp3) is 0.462. The van der Waals surface area contributed by atoms with Crippen LogP contribution in [0.15, 0.2) is 24.3 Å². The summed E-state index contributed by atoms with van der Waals surface area (Å²) in [5.74, 6) is -0.0945. The molecule has 1 amide bonds. The Bertz CT molecular complexity index is 487. The Morgan fingerprint density at radius 2 is 1.86 bits per heavy atom. The molecular formula is C13H18ClN3O4. The molecule has 1 heterocycles. The Kier molecular flexibility index (Phi) is 6.54. The van der Waals surface area contributed by atoms with Gasteiger partial charge in [-0.25, -0.2) is 0 Å². The maximum atomic E-state index is 12.2. The number of hydrogen-bond acceptors (Lipinski definition) is 4. The number of quaternary nitrogens is 1. The van der Waals surface area contributed by atoms with Crippen LogP contribution < -0.4 is 17.3 Å². The number of nitro groups is 1. The topological polar surface area (TPSA) is 88.1 Å². The summed E-state index contributed by atoms with van der Waals surface area (Å²) in [5, 5.41) is 19.5. The molecule has 0 radical (unpaired) electrons. The van der Waals surface area contributed by atoms with Gasteiger partial charge >= 0.3 is 0 Å². The summed E-state index contributed by atoms with van der Waals surface area (Å²) in [6.07, 6.45) is 0. The molecule has 1 aliphatic rings. The highest BCUT2D eigenvalue weighted by atomic mass is 35.5. The number of hydrogen-bond donors (Lipinski definition) is 2. The van der Waals surface area contributed by atoms with Crippen LogP contribution in [-0.2, 0) is 0 Å². The van der Waals surface area contributed by atoms with Gasteiger partial charge in [0, 0.05) is 17.7 Å². The molecule has 2 N–H and O–H groups in total. The Morgan fingerprint density at radius 3 is 2.33 bits per heavy atom. The van der Waals surface area contributed by atoms with E-state index >= 15 is 0 Å². The average Bonchev–Trinajstić information content (AvgIpc) is 2.48. The second-order valence-electron chi connectivity index (χ2n) is 4.82. The standard InChI is InChI=1S/C13H17N3O4.ClH/c17-10-9-14-5-7-15(8-6-14)13(18)11-1-3-12(4-2-11)16(19)20;/h1-4,17H,5-10H2;1H. The first-order chi connectivity index (χ1) is 9.61. The number of amides is 1. The predicted octanol–water partition coefficient (Wildman–Crippen LogP) is -4.07. The van der Waals surface area contributed by atoms with Crippen molar-refractivity contribution in [2.75, 3.05) is 39.3 Å². The van der Waals surface area contributed by atoms with Crippen LogP contribution in [0.1, 0.15) is 10.4 Å². The van der Waals surface area contributed by atoms with Gasteiger partial charge in [-0.15, -0.1) is 0 Å². The molecule has 8 heteroatoms. The first kappa shape index (κ1) is 17.4. The molecule has 7 nitrogen and oxygen atoms in total. The average molecular weight is 316 g/mol. The van der Waals surface area contributed by atoms with Gasteiger partial charge in [0.2, 0.25) is 0 Å². The molecule has 1 saturated heterocycles. The van der Waals surface area contributed by atoms with E-state index in [2.05, 4.69) is 0 Å². The molecule has 0 saturated carbocycles. The van der Waals surface area contributed by atoms with E-state index in [0.717, 1.165) is 13.1 Å². The van der Waals surface area contributed by atoms with Crippen LogP contribution in [0.3, 0.4) is 0 Å². The van der Waals surface area contributed by atoms with Crippen LogP contribution in [0.5, 0.6) is 0 Å². The lowest BCUT2D eigenvalue weighted by Gasteiger charge is -2.31. The van der Waals surface area contributed by atoms with Crippen LogP contribution in [-0.4, -0.2) is 60.2 Å². The lowest BCUT2D eigenvalue weighted by Crippen LogP contribution is -3.15. The van der Waals surface area contributed by atoms with Gasteiger partial charge in [-0.05, 0) is 12.1 Å². The lowest BCUT2D eigenvalue weighted by molar-refractivity contribution is -0.904. The zero-order chi connectivity index (χ0) is 14.5. The third-order valence-electron chi connectivity index (χ3n) is 3.55. The first-order valence-corrected chi connectivity index (χ1v) is 6.60. The summed E-state index contributed by atoms with van der Waals surface area (Å²) in [5.41, 5.74) is 0.458. The molecule has 1 aliphatic heterocycles. The molecule has 1 fully saturated rings. The highest BCUT2D eigenvalue weighted by Gasteiger charge is 2.24. The molecule has 0 aromatic heterocycles. The van der Waals surface area contributed by atoms with Gasteiger partial charge in [-0.2, -0.15) is 0 Å². The van der Waals surface area contributed by atoms with Crippen molar-refractivity contribution in [1.82, 2.24) is 4.90 Å². The third-order valence-corrected chi connectivity index (χ3v) is 3.55. The number of benzene rings is 1. The van der Waals surface area contributed by atoms with Crippen LogP contribution >= 0.6 is 0 Å². The maximum Gasteiger partial charge on any atom is 0.269 e. The van der Waals surface area contributed by atoms with Crippen LogP contribution in [0.4, 0.5) is 5.69 Å². The summed E-state index contributed by atoms with van der Waals surface area (Å²) in [4.78, 5) is 25.4. The summed E-state index contributed by atoms with van der Waals surface area (Å²) in [6.45, 7) is 3.79. The molecule has 1 aromatic rings. The van der Waals surface area contributed by atoms with E-state index in [9.17, 15) is 14.9 Å². The SMILES string of the molecule is O=C(c1ccc([N+](=O)[O-])cc1)N1CC[NH+](CCO)CC1.[Cl-]. The largest absolute Gasteiger partial charge is 1.00 e. The highest BCUT2D eigenvalue weighted by molar-refractivity contribution is 5.94. The smallest absolute Gasteiger partial charge is 0.269 e. The minimum Gasteiger partial charge on any atom is -1.00 e. The minimum atomic E-state index is -0.481. The van der Waals surface area contributed by atoms with Gasteiger partial charge in [-0.1, -0.05) is 0 Å². The maximum absolute atomic E-state index is 12.2. The van der Waals surface area contributed by atoms with Gasteiger partial charge in [0.1, 0.15) is 6.54 Å². The molecule has 1 aromatic carbocycles. The quantitative estimate of drug-likeness (QED) is 0.437. The first-order valence-electron chi connectivity index (χ1n) is 6.60. The number of piperazine rings is 1. The molecule has 116 valence electrons. The van der Waals surface area contributed by atoms with Crippen molar-refractivity contribution < 1.29 is 32.1 Å². The summed E-state index contributed by atoms with van der Waals surface area (Å²) in [6, 6.07) is 5.68. The summed E-state index contributed by atoms with van der Waals surface area (Å²) < 4.78 is 0. The van der Waals surface area contributed by atoms with Crippen LogP contribution in [0.2, 0.25) is 0 Å². The van der Waals surface area contributed by atoms with Gasteiger partial charge < -0.3 is 27.3 Å². The number of halogens is 1. The summed E-state index contributed by atoms with van der Waals surface area (Å²) >= 11 is 0. The van der Waals surface area contributed by atoms with Crippen molar-refractivity contribution in [2.24, 2.45) is 0 Å². The van der Waals surface area contributed by atoms with Crippen molar-refractivity contribution in [3.8, 4) is 0 Å². The lowest BCUT2D eigenvalue weighted by atomic mass is 10.1. The number of non-ortho nitro benzene ring substituents is 1. The van der Waals surface area contributed by atoms with E-state index in [1.165, 1.54) is 29.2 Å². The van der Waals surface area contributed by atoms with Gasteiger partial charge in [0.15, 0.2) is 0 Å². The van der Waals surface area contributed by atoms with Gasteiger partial charge in [0.05, 0.1) is 37.7 Å². The third kappa shape index (κ3) is 4.38. The Morgan fingerprint density at radius 1 is 1.29 bits per heavy atom. The second kappa shape index (κ2) is 7.92. The van der Waals surface area contributed by atoms with Crippen LogP contribution in [0.25, 0.3) is 0 Å². The van der Waals surface area contributed by atoms with Crippen molar-refractivity contribution in [3.05, 3.63) is 39.9 Å². The van der Waals surface area contributed by atoms with Gasteiger partial charge in [0.25, 0.3) is 11.6 Å². The van der Waals surface area contributed by atoms with E-state index in [1.54, 1.807) is 4.90 Å². The number of rotatable bonds is 4. The van der Waals surface area contributed by atoms with Crippen molar-refractivity contribution >= 4 is 11.6 Å². The Hall–Kier alpha value is -1.70. The Labute approximate surface area is 128 Å². The number of nitrogens with one attached hydrogen (secondary N) is 1. The normalized spacial score (nSPS) is 15.4. The number of nitro benzene ring substituents is 1. The molecule has 2 rings (SSSR count). The fourth-order valence-corrected chi connectivity index (χ4v) is 2.34. The molecule has 0 spiro atoms. The van der Waals surface area contributed by atoms with E-state index in [-0.39, 0.29) is 30.6 Å². The highest BCUT2D eigenvalue weighted by Crippen LogP contribution is 2.13. The molecule has 0 bridgehead atoms. The van der Waals surface area contributed by atoms with E-state index in [0.29, 0.717) is 25.2 Å². The number of nitrogens with zero attached hydrogens (tertiary/aromatic N) is 2.